The van der Waals surface area contributed by atoms with Crippen LogP contribution in [0.3, 0.4) is 0 Å². The number of benzene rings is 2. The standard InChI is InChI=1S/C21H22ClN3OS/c1-14-10-15(2)20(16(3)11-14)24-19(26)13-27-21-23-8-9-25(21)12-17-6-4-5-7-18(17)22/h4-11H,12-13H2,1-3H3,(H,24,26). The monoisotopic (exact) mass is 399 g/mol. The van der Waals surface area contributed by atoms with Gasteiger partial charge in [-0.15, -0.1) is 0 Å². The molecule has 1 heterocycles. The Balaban J connectivity index is 1.64. The van der Waals surface area contributed by atoms with E-state index in [9.17, 15) is 4.79 Å². The average molecular weight is 400 g/mol. The first-order valence-electron chi connectivity index (χ1n) is 8.69. The van der Waals surface area contributed by atoms with Gasteiger partial charge in [0.2, 0.25) is 5.91 Å². The zero-order valence-electron chi connectivity index (χ0n) is 15.6. The van der Waals surface area contributed by atoms with Gasteiger partial charge in [-0.05, 0) is 43.5 Å². The van der Waals surface area contributed by atoms with Crippen LogP contribution in [0, 0.1) is 20.8 Å². The zero-order chi connectivity index (χ0) is 19.4. The fourth-order valence-electron chi connectivity index (χ4n) is 3.05. The second-order valence-electron chi connectivity index (χ2n) is 6.54. The molecule has 0 spiro atoms. The van der Waals surface area contributed by atoms with E-state index in [1.165, 1.54) is 17.3 Å². The molecule has 0 unspecified atom stereocenters. The van der Waals surface area contributed by atoms with Crippen LogP contribution in [0.15, 0.2) is 53.9 Å². The Hall–Kier alpha value is -2.24. The highest BCUT2D eigenvalue weighted by atomic mass is 35.5. The molecule has 6 heteroatoms. The summed E-state index contributed by atoms with van der Waals surface area (Å²) in [5.41, 5.74) is 5.26. The van der Waals surface area contributed by atoms with E-state index < -0.39 is 0 Å². The summed E-state index contributed by atoms with van der Waals surface area (Å²) >= 11 is 7.67. The first-order valence-corrected chi connectivity index (χ1v) is 10.1. The molecule has 0 aliphatic rings. The van der Waals surface area contributed by atoms with Gasteiger partial charge in [-0.1, -0.05) is 59.3 Å². The molecule has 0 saturated carbocycles. The van der Waals surface area contributed by atoms with E-state index in [-0.39, 0.29) is 5.91 Å². The fraction of sp³-hybridized carbons (Fsp3) is 0.238. The van der Waals surface area contributed by atoms with E-state index in [4.69, 9.17) is 11.6 Å². The highest BCUT2D eigenvalue weighted by Gasteiger charge is 2.12. The molecule has 0 aliphatic carbocycles. The molecule has 3 aromatic rings. The minimum atomic E-state index is -0.0395. The lowest BCUT2D eigenvalue weighted by atomic mass is 10.1. The Morgan fingerprint density at radius 1 is 1.19 bits per heavy atom. The third-order valence-electron chi connectivity index (χ3n) is 4.25. The quantitative estimate of drug-likeness (QED) is 0.576. The van der Waals surface area contributed by atoms with Crippen molar-refractivity contribution in [2.45, 2.75) is 32.5 Å². The summed E-state index contributed by atoms with van der Waals surface area (Å²) in [5.74, 6) is 0.258. The van der Waals surface area contributed by atoms with E-state index in [0.717, 1.165) is 32.6 Å². The summed E-state index contributed by atoms with van der Waals surface area (Å²) in [7, 11) is 0. The number of carbonyl (C=O) groups excluding carboxylic acids is 1. The molecule has 1 aromatic heterocycles. The number of nitrogens with zero attached hydrogens (tertiary/aromatic N) is 2. The Bertz CT molecular complexity index is 945. The maximum atomic E-state index is 12.4. The van der Waals surface area contributed by atoms with Crippen LogP contribution in [0.25, 0.3) is 0 Å². The highest BCUT2D eigenvalue weighted by Crippen LogP contribution is 2.24. The average Bonchev–Trinajstić information content (AvgIpc) is 3.05. The van der Waals surface area contributed by atoms with E-state index >= 15 is 0 Å². The number of hydrogen-bond acceptors (Lipinski definition) is 3. The number of carbonyl (C=O) groups is 1. The van der Waals surface area contributed by atoms with Crippen molar-refractivity contribution in [1.82, 2.24) is 9.55 Å². The van der Waals surface area contributed by atoms with Crippen molar-refractivity contribution < 1.29 is 4.79 Å². The molecular formula is C21H22ClN3OS. The van der Waals surface area contributed by atoms with Gasteiger partial charge >= 0.3 is 0 Å². The minimum absolute atomic E-state index is 0.0395. The topological polar surface area (TPSA) is 46.9 Å². The summed E-state index contributed by atoms with van der Waals surface area (Å²) in [6, 6.07) is 11.9. The number of rotatable bonds is 6. The number of imidazole rings is 1. The van der Waals surface area contributed by atoms with Crippen LogP contribution in [-0.2, 0) is 11.3 Å². The van der Waals surface area contributed by atoms with Crippen LogP contribution in [0.4, 0.5) is 5.69 Å². The van der Waals surface area contributed by atoms with Crippen molar-refractivity contribution in [3.8, 4) is 0 Å². The summed E-state index contributed by atoms with van der Waals surface area (Å²) in [4.78, 5) is 16.8. The predicted octanol–water partition coefficient (Wildman–Crippen LogP) is 5.24. The lowest BCUT2D eigenvalue weighted by Gasteiger charge is -2.13. The molecule has 4 nitrogen and oxygen atoms in total. The van der Waals surface area contributed by atoms with Crippen molar-refractivity contribution in [2.75, 3.05) is 11.1 Å². The fourth-order valence-corrected chi connectivity index (χ4v) is 4.00. The largest absolute Gasteiger partial charge is 0.325 e. The van der Waals surface area contributed by atoms with Crippen LogP contribution >= 0.6 is 23.4 Å². The van der Waals surface area contributed by atoms with Crippen LogP contribution in [0.1, 0.15) is 22.3 Å². The number of thioether (sulfide) groups is 1. The molecule has 0 radical (unpaired) electrons. The van der Waals surface area contributed by atoms with Crippen molar-refractivity contribution in [2.24, 2.45) is 0 Å². The van der Waals surface area contributed by atoms with Crippen molar-refractivity contribution in [3.05, 3.63) is 76.1 Å². The number of hydrogen-bond donors (Lipinski definition) is 1. The minimum Gasteiger partial charge on any atom is -0.325 e. The first kappa shape index (κ1) is 19.5. The Kier molecular flexibility index (Phi) is 6.24. The van der Waals surface area contributed by atoms with Crippen LogP contribution in [0.2, 0.25) is 5.02 Å². The van der Waals surface area contributed by atoms with Gasteiger partial charge in [0.1, 0.15) is 0 Å². The molecule has 0 atom stereocenters. The van der Waals surface area contributed by atoms with Gasteiger partial charge in [0, 0.05) is 23.1 Å². The third kappa shape index (κ3) is 4.93. The summed E-state index contributed by atoms with van der Waals surface area (Å²) in [5, 5.41) is 4.55. The zero-order valence-corrected chi connectivity index (χ0v) is 17.2. The maximum absolute atomic E-state index is 12.4. The van der Waals surface area contributed by atoms with E-state index in [1.807, 2.05) is 48.9 Å². The van der Waals surface area contributed by atoms with Crippen molar-refractivity contribution >= 4 is 35.0 Å². The molecule has 0 aliphatic heterocycles. The van der Waals surface area contributed by atoms with Gasteiger partial charge < -0.3 is 9.88 Å². The Labute approximate surface area is 169 Å². The summed E-state index contributed by atoms with van der Waals surface area (Å²) in [6.07, 6.45) is 3.64. The molecule has 3 rings (SSSR count). The maximum Gasteiger partial charge on any atom is 0.234 e. The predicted molar refractivity (Wildman–Crippen MR) is 113 cm³/mol. The molecule has 0 saturated heterocycles. The molecule has 1 amide bonds. The number of halogens is 1. The Morgan fingerprint density at radius 2 is 1.89 bits per heavy atom. The number of aryl methyl sites for hydroxylation is 3. The second-order valence-corrected chi connectivity index (χ2v) is 7.89. The van der Waals surface area contributed by atoms with Gasteiger partial charge in [-0.2, -0.15) is 0 Å². The SMILES string of the molecule is Cc1cc(C)c(NC(=O)CSc2nccn2Cc2ccccc2Cl)c(C)c1. The summed E-state index contributed by atoms with van der Waals surface area (Å²) < 4.78 is 2.00. The number of anilines is 1. The number of nitrogens with one attached hydrogen (secondary N) is 1. The van der Waals surface area contributed by atoms with E-state index in [2.05, 4.69) is 29.4 Å². The van der Waals surface area contributed by atoms with Gasteiger partial charge in [0.05, 0.1) is 12.3 Å². The molecular weight excluding hydrogens is 378 g/mol. The van der Waals surface area contributed by atoms with Crippen LogP contribution < -0.4 is 5.32 Å². The van der Waals surface area contributed by atoms with E-state index in [1.54, 1.807) is 6.20 Å². The number of amides is 1. The van der Waals surface area contributed by atoms with Gasteiger partial charge in [0.15, 0.2) is 5.16 Å². The van der Waals surface area contributed by atoms with Gasteiger partial charge in [-0.3, -0.25) is 4.79 Å². The van der Waals surface area contributed by atoms with Crippen molar-refractivity contribution in [1.29, 1.82) is 0 Å². The molecule has 27 heavy (non-hydrogen) atoms. The van der Waals surface area contributed by atoms with Gasteiger partial charge in [0.25, 0.3) is 0 Å². The van der Waals surface area contributed by atoms with Gasteiger partial charge in [-0.25, -0.2) is 4.98 Å². The highest BCUT2D eigenvalue weighted by molar-refractivity contribution is 7.99. The van der Waals surface area contributed by atoms with Crippen LogP contribution in [0.5, 0.6) is 0 Å². The molecule has 1 N–H and O–H groups in total. The smallest absolute Gasteiger partial charge is 0.234 e. The normalized spacial score (nSPS) is 10.8. The lowest BCUT2D eigenvalue weighted by Crippen LogP contribution is -2.16. The lowest BCUT2D eigenvalue weighted by molar-refractivity contribution is -0.113. The first-order chi connectivity index (χ1) is 12.9. The third-order valence-corrected chi connectivity index (χ3v) is 5.62. The van der Waals surface area contributed by atoms with E-state index in [0.29, 0.717) is 12.3 Å². The Morgan fingerprint density at radius 3 is 2.59 bits per heavy atom. The van der Waals surface area contributed by atoms with Crippen LogP contribution in [-0.4, -0.2) is 21.2 Å². The molecule has 2 aromatic carbocycles. The second kappa shape index (κ2) is 8.63. The van der Waals surface area contributed by atoms with Crippen molar-refractivity contribution in [3.63, 3.8) is 0 Å². The molecule has 0 bridgehead atoms. The summed E-state index contributed by atoms with van der Waals surface area (Å²) in [6.45, 7) is 6.71. The molecule has 140 valence electrons. The number of aromatic nitrogens is 2. The molecule has 0 fully saturated rings.